The number of hydrogen-bond acceptors (Lipinski definition) is 3. The molecule has 1 aliphatic carbocycles. The van der Waals surface area contributed by atoms with E-state index in [0.717, 1.165) is 18.5 Å². The lowest BCUT2D eigenvalue weighted by Gasteiger charge is -2.16. The first-order valence-corrected chi connectivity index (χ1v) is 6.40. The van der Waals surface area contributed by atoms with E-state index in [4.69, 9.17) is 0 Å². The van der Waals surface area contributed by atoms with Crippen LogP contribution in [0.4, 0.5) is 10.5 Å². The van der Waals surface area contributed by atoms with Crippen molar-refractivity contribution < 1.29 is 9.90 Å². The fourth-order valence-corrected chi connectivity index (χ4v) is 2.89. The van der Waals surface area contributed by atoms with Gasteiger partial charge in [0.05, 0.1) is 11.8 Å². The number of urea groups is 1. The summed E-state index contributed by atoms with van der Waals surface area (Å²) in [6.07, 6.45) is 1.77. The third-order valence-electron chi connectivity index (χ3n) is 3.56. The molecule has 4 nitrogen and oxygen atoms in total. The Labute approximate surface area is 97.9 Å². The Hall–Kier alpha value is -1.07. The standard InChI is InChI=1S/C11H14N2O2S/c14-9-5-13(7-11(9)2-3-11)10(15)12-8-1-4-16-6-8/h1,4,6,9,14H,2-3,5,7H2,(H,12,15). The molecule has 0 aromatic carbocycles. The monoisotopic (exact) mass is 238 g/mol. The lowest BCUT2D eigenvalue weighted by atomic mass is 10.0. The Bertz CT molecular complexity index is 400. The molecule has 2 aliphatic rings. The number of likely N-dealkylation sites (tertiary alicyclic amines) is 1. The summed E-state index contributed by atoms with van der Waals surface area (Å²) in [5.74, 6) is 0. The second kappa shape index (κ2) is 3.46. The van der Waals surface area contributed by atoms with Crippen molar-refractivity contribution in [2.24, 2.45) is 5.41 Å². The van der Waals surface area contributed by atoms with Crippen LogP contribution < -0.4 is 5.32 Å². The lowest BCUT2D eigenvalue weighted by Crippen LogP contribution is -2.33. The molecule has 1 saturated heterocycles. The average molecular weight is 238 g/mol. The number of aliphatic hydroxyl groups is 1. The first kappa shape index (κ1) is 10.1. The number of nitrogens with zero attached hydrogens (tertiary/aromatic N) is 1. The third kappa shape index (κ3) is 1.60. The number of thiophene rings is 1. The molecule has 2 fully saturated rings. The van der Waals surface area contributed by atoms with Gasteiger partial charge < -0.3 is 15.3 Å². The number of carbonyl (C=O) groups is 1. The molecule has 0 radical (unpaired) electrons. The number of hydrogen-bond donors (Lipinski definition) is 2. The largest absolute Gasteiger partial charge is 0.391 e. The van der Waals surface area contributed by atoms with Gasteiger partial charge in [0.25, 0.3) is 0 Å². The number of rotatable bonds is 1. The maximum Gasteiger partial charge on any atom is 0.321 e. The minimum atomic E-state index is -0.333. The van der Waals surface area contributed by atoms with Gasteiger partial charge >= 0.3 is 6.03 Å². The molecule has 1 aliphatic heterocycles. The van der Waals surface area contributed by atoms with Crippen molar-refractivity contribution in [1.82, 2.24) is 4.90 Å². The average Bonchev–Trinajstić information content (AvgIpc) is 2.69. The van der Waals surface area contributed by atoms with Crippen LogP contribution in [0.2, 0.25) is 0 Å². The molecule has 1 aromatic heterocycles. The van der Waals surface area contributed by atoms with Gasteiger partial charge in [-0.3, -0.25) is 0 Å². The van der Waals surface area contributed by atoms with Gasteiger partial charge in [-0.2, -0.15) is 11.3 Å². The molecule has 3 rings (SSSR count). The van der Waals surface area contributed by atoms with E-state index in [1.165, 1.54) is 0 Å². The molecule has 0 bridgehead atoms. The summed E-state index contributed by atoms with van der Waals surface area (Å²) in [5, 5.41) is 16.5. The highest BCUT2D eigenvalue weighted by Gasteiger charge is 2.55. The molecule has 2 amide bonds. The van der Waals surface area contributed by atoms with Crippen LogP contribution in [-0.4, -0.2) is 35.2 Å². The van der Waals surface area contributed by atoms with E-state index in [1.54, 1.807) is 16.2 Å². The molecule has 1 aromatic rings. The Morgan fingerprint density at radius 1 is 1.62 bits per heavy atom. The van der Waals surface area contributed by atoms with Crippen LogP contribution in [0.25, 0.3) is 0 Å². The van der Waals surface area contributed by atoms with E-state index < -0.39 is 0 Å². The van der Waals surface area contributed by atoms with Crippen molar-refractivity contribution in [3.8, 4) is 0 Å². The maximum atomic E-state index is 11.9. The van der Waals surface area contributed by atoms with Crippen LogP contribution >= 0.6 is 11.3 Å². The van der Waals surface area contributed by atoms with E-state index in [-0.39, 0.29) is 17.6 Å². The van der Waals surface area contributed by atoms with Gasteiger partial charge in [0.1, 0.15) is 0 Å². The highest BCUT2D eigenvalue weighted by molar-refractivity contribution is 7.08. The number of anilines is 1. The minimum absolute atomic E-state index is 0.0337. The van der Waals surface area contributed by atoms with Crippen molar-refractivity contribution >= 4 is 23.1 Å². The summed E-state index contributed by atoms with van der Waals surface area (Å²) in [4.78, 5) is 13.6. The van der Waals surface area contributed by atoms with Gasteiger partial charge in [-0.25, -0.2) is 4.79 Å². The predicted molar refractivity (Wildman–Crippen MR) is 62.6 cm³/mol. The fraction of sp³-hybridized carbons (Fsp3) is 0.545. The van der Waals surface area contributed by atoms with Crippen LogP contribution in [0.3, 0.4) is 0 Å². The van der Waals surface area contributed by atoms with Gasteiger partial charge in [-0.05, 0) is 24.3 Å². The fourth-order valence-electron chi connectivity index (χ4n) is 2.30. The number of amides is 2. The van der Waals surface area contributed by atoms with E-state index in [0.29, 0.717) is 13.1 Å². The summed E-state index contributed by atoms with van der Waals surface area (Å²) in [6, 6.07) is 1.78. The van der Waals surface area contributed by atoms with Crippen LogP contribution in [0.15, 0.2) is 16.8 Å². The van der Waals surface area contributed by atoms with Gasteiger partial charge in [0.15, 0.2) is 0 Å². The van der Waals surface area contributed by atoms with Gasteiger partial charge in [0.2, 0.25) is 0 Å². The summed E-state index contributed by atoms with van der Waals surface area (Å²) >= 11 is 1.55. The molecule has 86 valence electrons. The summed E-state index contributed by atoms with van der Waals surface area (Å²) in [7, 11) is 0. The van der Waals surface area contributed by atoms with Crippen LogP contribution in [0.1, 0.15) is 12.8 Å². The molecule has 2 heterocycles. The van der Waals surface area contributed by atoms with E-state index in [9.17, 15) is 9.90 Å². The molecule has 16 heavy (non-hydrogen) atoms. The number of β-amino-alcohol motifs (C(OH)–C–C–N with tert-alkyl or cyclic N) is 1. The van der Waals surface area contributed by atoms with Crippen molar-refractivity contribution in [2.45, 2.75) is 18.9 Å². The normalized spacial score (nSPS) is 26.1. The predicted octanol–water partition coefficient (Wildman–Crippen LogP) is 1.74. The van der Waals surface area contributed by atoms with Crippen molar-refractivity contribution in [1.29, 1.82) is 0 Å². The molecule has 1 atom stereocenters. The SMILES string of the molecule is O=C(Nc1ccsc1)N1CC(O)C2(CC2)C1. The summed E-state index contributed by atoms with van der Waals surface area (Å²) in [5.41, 5.74) is 0.868. The summed E-state index contributed by atoms with van der Waals surface area (Å²) < 4.78 is 0. The van der Waals surface area contributed by atoms with Gasteiger partial charge in [-0.1, -0.05) is 0 Å². The highest BCUT2D eigenvalue weighted by Crippen LogP contribution is 2.52. The van der Waals surface area contributed by atoms with Gasteiger partial charge in [-0.15, -0.1) is 0 Å². The van der Waals surface area contributed by atoms with Crippen molar-refractivity contribution in [2.75, 3.05) is 18.4 Å². The number of nitrogens with one attached hydrogen (secondary N) is 1. The molecule has 1 unspecified atom stereocenters. The Balaban J connectivity index is 1.64. The van der Waals surface area contributed by atoms with Crippen molar-refractivity contribution in [3.63, 3.8) is 0 Å². The van der Waals surface area contributed by atoms with Gasteiger partial charge in [0, 0.05) is 23.9 Å². The maximum absolute atomic E-state index is 11.9. The Morgan fingerprint density at radius 3 is 3.00 bits per heavy atom. The zero-order chi connectivity index (χ0) is 11.2. The molecule has 1 saturated carbocycles. The smallest absolute Gasteiger partial charge is 0.321 e. The molecular weight excluding hydrogens is 224 g/mol. The van der Waals surface area contributed by atoms with Crippen LogP contribution in [0.5, 0.6) is 0 Å². The third-order valence-corrected chi connectivity index (χ3v) is 4.24. The second-order valence-corrected chi connectivity index (χ2v) is 5.48. The zero-order valence-electron chi connectivity index (χ0n) is 8.85. The van der Waals surface area contributed by atoms with Crippen LogP contribution in [-0.2, 0) is 0 Å². The Kier molecular flexibility index (Phi) is 2.19. The number of carbonyl (C=O) groups excluding carboxylic acids is 1. The molecule has 5 heteroatoms. The van der Waals surface area contributed by atoms with Crippen LogP contribution in [0, 0.1) is 5.41 Å². The summed E-state index contributed by atoms with van der Waals surface area (Å²) in [6.45, 7) is 1.17. The topological polar surface area (TPSA) is 52.6 Å². The Morgan fingerprint density at radius 2 is 2.44 bits per heavy atom. The molecule has 1 spiro atoms. The van der Waals surface area contributed by atoms with E-state index in [1.807, 2.05) is 16.8 Å². The molecular formula is C11H14N2O2S. The van der Waals surface area contributed by atoms with E-state index >= 15 is 0 Å². The highest BCUT2D eigenvalue weighted by atomic mass is 32.1. The first-order chi connectivity index (χ1) is 7.70. The second-order valence-electron chi connectivity index (χ2n) is 4.70. The zero-order valence-corrected chi connectivity index (χ0v) is 9.67. The molecule has 2 N–H and O–H groups in total. The lowest BCUT2D eigenvalue weighted by molar-refractivity contribution is 0.132. The van der Waals surface area contributed by atoms with Crippen molar-refractivity contribution in [3.05, 3.63) is 16.8 Å². The quantitative estimate of drug-likeness (QED) is 0.783. The van der Waals surface area contributed by atoms with E-state index in [2.05, 4.69) is 5.32 Å². The first-order valence-electron chi connectivity index (χ1n) is 5.46. The number of aliphatic hydroxyl groups excluding tert-OH is 1. The minimum Gasteiger partial charge on any atom is -0.391 e.